The normalized spacial score (nSPS) is 13.9. The Morgan fingerprint density at radius 2 is 1.43 bits per heavy atom. The quantitative estimate of drug-likeness (QED) is 0.0886. The number of H-pyrrole nitrogens is 1. The summed E-state index contributed by atoms with van der Waals surface area (Å²) in [6.07, 6.45) is 1.74. The minimum atomic E-state index is -1.51. The summed E-state index contributed by atoms with van der Waals surface area (Å²) >= 11 is 0. The Hall–Kier alpha value is -4.50. The number of carboxylic acid groups (broad SMARTS) is 2. The molecule has 1 aromatic carbocycles. The first-order valence-electron chi connectivity index (χ1n) is 13.6. The Kier molecular flexibility index (Phi) is 13.4. The van der Waals surface area contributed by atoms with Gasteiger partial charge in [0, 0.05) is 36.4 Å². The first kappa shape index (κ1) is 33.7. The van der Waals surface area contributed by atoms with E-state index in [0.717, 1.165) is 10.9 Å². The molecule has 0 aliphatic carbocycles. The maximum Gasteiger partial charge on any atom is 0.326 e. The maximum absolute atomic E-state index is 13.5. The van der Waals surface area contributed by atoms with Gasteiger partial charge in [-0.1, -0.05) is 24.6 Å². The second-order valence-corrected chi connectivity index (χ2v) is 9.91. The zero-order chi connectivity index (χ0) is 31.2. The first-order chi connectivity index (χ1) is 19.9. The van der Waals surface area contributed by atoms with Crippen LogP contribution in [0.15, 0.2) is 30.5 Å². The van der Waals surface area contributed by atoms with E-state index in [1.54, 1.807) is 6.20 Å². The van der Waals surface area contributed by atoms with Crippen molar-refractivity contribution in [3.63, 3.8) is 0 Å². The van der Waals surface area contributed by atoms with Crippen molar-refractivity contribution in [2.45, 2.75) is 75.5 Å². The van der Waals surface area contributed by atoms with Crippen LogP contribution in [-0.4, -0.2) is 81.5 Å². The van der Waals surface area contributed by atoms with Gasteiger partial charge in [0.1, 0.15) is 18.1 Å². The Labute approximate surface area is 241 Å². The molecule has 0 fully saturated rings. The number of benzene rings is 1. The smallest absolute Gasteiger partial charge is 0.326 e. The van der Waals surface area contributed by atoms with Crippen LogP contribution in [0.3, 0.4) is 0 Å². The SMILES string of the molecule is NCCCCC(N)C(=O)NC(Cc1c[nH]c2ccccc12)C(=O)NC(CCC(=O)O)C(=O)NC(CCC(N)=O)C(=O)O. The molecule has 0 saturated heterocycles. The number of carbonyl (C=O) groups is 6. The molecular formula is C27H39N7O8. The summed E-state index contributed by atoms with van der Waals surface area (Å²) < 4.78 is 0. The lowest BCUT2D eigenvalue weighted by Crippen LogP contribution is -2.57. The van der Waals surface area contributed by atoms with Crippen LogP contribution in [0.5, 0.6) is 0 Å². The van der Waals surface area contributed by atoms with E-state index in [1.807, 2.05) is 24.3 Å². The fraction of sp³-hybridized carbons (Fsp3) is 0.481. The molecule has 1 heterocycles. The monoisotopic (exact) mass is 589 g/mol. The van der Waals surface area contributed by atoms with E-state index >= 15 is 0 Å². The van der Waals surface area contributed by atoms with E-state index < -0.39 is 66.2 Å². The number of aromatic nitrogens is 1. The Bertz CT molecular complexity index is 1260. The van der Waals surface area contributed by atoms with Crippen LogP contribution >= 0.6 is 0 Å². The number of aromatic amines is 1. The summed E-state index contributed by atoms with van der Waals surface area (Å²) in [4.78, 5) is 76.5. The van der Waals surface area contributed by atoms with Gasteiger partial charge in [0.15, 0.2) is 0 Å². The van der Waals surface area contributed by atoms with Crippen LogP contribution in [0.4, 0.5) is 0 Å². The number of fused-ring (bicyclic) bond motifs is 1. The predicted molar refractivity (Wildman–Crippen MR) is 152 cm³/mol. The molecule has 12 N–H and O–H groups in total. The Morgan fingerprint density at radius 3 is 2.07 bits per heavy atom. The van der Waals surface area contributed by atoms with Gasteiger partial charge in [-0.2, -0.15) is 0 Å². The van der Waals surface area contributed by atoms with Gasteiger partial charge in [-0.3, -0.25) is 24.0 Å². The molecule has 0 aliphatic rings. The van der Waals surface area contributed by atoms with Crippen LogP contribution in [0, 0.1) is 0 Å². The number of amides is 4. The summed E-state index contributed by atoms with van der Waals surface area (Å²) in [5.41, 5.74) is 18.1. The van der Waals surface area contributed by atoms with Gasteiger partial charge in [-0.25, -0.2) is 4.79 Å². The third-order valence-corrected chi connectivity index (χ3v) is 6.61. The molecule has 4 unspecified atom stereocenters. The number of carboxylic acids is 2. The molecule has 0 spiro atoms. The van der Waals surface area contributed by atoms with E-state index in [1.165, 1.54) is 0 Å². The minimum absolute atomic E-state index is 0.000733. The van der Waals surface area contributed by atoms with Crippen LogP contribution < -0.4 is 33.2 Å². The van der Waals surface area contributed by atoms with Gasteiger partial charge in [0.05, 0.1) is 6.04 Å². The average Bonchev–Trinajstić information content (AvgIpc) is 3.34. The molecular weight excluding hydrogens is 550 g/mol. The zero-order valence-electron chi connectivity index (χ0n) is 23.1. The van der Waals surface area contributed by atoms with E-state index in [2.05, 4.69) is 20.9 Å². The summed E-state index contributed by atoms with van der Waals surface area (Å²) in [6, 6.07) is 2.18. The molecule has 230 valence electrons. The van der Waals surface area contributed by atoms with Gasteiger partial charge in [0.25, 0.3) is 0 Å². The highest BCUT2D eigenvalue weighted by Gasteiger charge is 2.31. The van der Waals surface area contributed by atoms with Crippen molar-refractivity contribution in [2.75, 3.05) is 6.54 Å². The van der Waals surface area contributed by atoms with Crippen molar-refractivity contribution in [3.05, 3.63) is 36.0 Å². The number of carbonyl (C=O) groups excluding carboxylic acids is 4. The summed E-state index contributed by atoms with van der Waals surface area (Å²) in [5, 5.41) is 26.7. The van der Waals surface area contributed by atoms with E-state index in [9.17, 15) is 39.0 Å². The van der Waals surface area contributed by atoms with Crippen LogP contribution in [-0.2, 0) is 35.2 Å². The number of hydrogen-bond donors (Lipinski definition) is 9. The van der Waals surface area contributed by atoms with E-state index in [4.69, 9.17) is 17.2 Å². The Morgan fingerprint density at radius 1 is 0.810 bits per heavy atom. The number of hydrogen-bond acceptors (Lipinski definition) is 8. The number of nitrogens with two attached hydrogens (primary N) is 3. The molecule has 2 aromatic rings. The predicted octanol–water partition coefficient (Wildman–Crippen LogP) is -1.16. The standard InChI is InChI=1S/C27H39N7O8/c28-12-4-3-6-17(29)24(38)34-21(13-15-14-31-18-7-2-1-5-16(15)18)26(40)32-19(9-11-23(36)37)25(39)33-20(27(41)42)8-10-22(30)35/h1-2,5,7,14,17,19-21,31H,3-4,6,8-13,28-29H2,(H2,30,35)(H,32,40)(H,33,39)(H,34,38)(H,36,37)(H,41,42). The lowest BCUT2D eigenvalue weighted by atomic mass is 10.0. The van der Waals surface area contributed by atoms with Gasteiger partial charge >= 0.3 is 11.9 Å². The van der Waals surface area contributed by atoms with Crippen LogP contribution in [0.2, 0.25) is 0 Å². The van der Waals surface area contributed by atoms with Gasteiger partial charge in [-0.15, -0.1) is 0 Å². The van der Waals surface area contributed by atoms with Gasteiger partial charge < -0.3 is 48.3 Å². The minimum Gasteiger partial charge on any atom is -0.481 e. The molecule has 0 radical (unpaired) electrons. The number of unbranched alkanes of at least 4 members (excludes halogenated alkanes) is 1. The van der Waals surface area contributed by atoms with Crippen molar-refractivity contribution >= 4 is 46.5 Å². The zero-order valence-corrected chi connectivity index (χ0v) is 23.1. The summed E-state index contributed by atoms with van der Waals surface area (Å²) in [7, 11) is 0. The largest absolute Gasteiger partial charge is 0.481 e. The lowest BCUT2D eigenvalue weighted by Gasteiger charge is -2.25. The number of primary amides is 1. The van der Waals surface area contributed by atoms with Crippen LogP contribution in [0.25, 0.3) is 10.9 Å². The molecule has 2 rings (SSSR count). The molecule has 15 nitrogen and oxygen atoms in total. The topological polar surface area (TPSA) is 273 Å². The highest BCUT2D eigenvalue weighted by Crippen LogP contribution is 2.19. The fourth-order valence-corrected chi connectivity index (χ4v) is 4.27. The first-order valence-corrected chi connectivity index (χ1v) is 13.6. The van der Waals surface area contributed by atoms with Gasteiger partial charge in [-0.05, 0) is 43.9 Å². The van der Waals surface area contributed by atoms with Crippen molar-refractivity contribution < 1.29 is 39.0 Å². The van der Waals surface area contributed by atoms with Crippen molar-refractivity contribution in [1.82, 2.24) is 20.9 Å². The highest BCUT2D eigenvalue weighted by atomic mass is 16.4. The molecule has 0 bridgehead atoms. The highest BCUT2D eigenvalue weighted by molar-refractivity contribution is 5.95. The number of nitrogens with one attached hydrogen (secondary N) is 4. The second kappa shape index (κ2) is 16.7. The fourth-order valence-electron chi connectivity index (χ4n) is 4.27. The molecule has 1 aromatic heterocycles. The molecule has 42 heavy (non-hydrogen) atoms. The average molecular weight is 590 g/mol. The molecule has 0 saturated carbocycles. The third kappa shape index (κ3) is 10.8. The maximum atomic E-state index is 13.5. The molecule has 4 amide bonds. The van der Waals surface area contributed by atoms with Crippen molar-refractivity contribution in [1.29, 1.82) is 0 Å². The lowest BCUT2D eigenvalue weighted by molar-refractivity contribution is -0.143. The molecule has 0 aliphatic heterocycles. The third-order valence-electron chi connectivity index (χ3n) is 6.61. The number of aliphatic carboxylic acids is 2. The second-order valence-electron chi connectivity index (χ2n) is 9.91. The number of rotatable bonds is 19. The van der Waals surface area contributed by atoms with Crippen molar-refractivity contribution in [3.8, 4) is 0 Å². The Balaban J connectivity index is 2.29. The van der Waals surface area contributed by atoms with E-state index in [0.29, 0.717) is 31.4 Å². The molecule has 4 atom stereocenters. The molecule has 15 heteroatoms. The summed E-state index contributed by atoms with van der Waals surface area (Å²) in [5.74, 6) is -5.85. The van der Waals surface area contributed by atoms with Crippen LogP contribution in [0.1, 0.15) is 50.5 Å². The van der Waals surface area contributed by atoms with E-state index in [-0.39, 0.29) is 25.7 Å². The van der Waals surface area contributed by atoms with Crippen molar-refractivity contribution in [2.24, 2.45) is 17.2 Å². The number of para-hydroxylation sites is 1. The van der Waals surface area contributed by atoms with Gasteiger partial charge in [0.2, 0.25) is 23.6 Å². The summed E-state index contributed by atoms with van der Waals surface area (Å²) in [6.45, 7) is 0.436.